The number of ether oxygens (including phenoxy) is 2. The van der Waals surface area contributed by atoms with Gasteiger partial charge < -0.3 is 30.1 Å². The van der Waals surface area contributed by atoms with E-state index < -0.39 is 11.9 Å². The highest BCUT2D eigenvalue weighted by atomic mass is 32.1. The number of nitrogens with zero attached hydrogens (tertiary/aromatic N) is 4. The molecule has 0 bridgehead atoms. The van der Waals surface area contributed by atoms with E-state index in [0.717, 1.165) is 10.6 Å². The average Bonchev–Trinajstić information content (AvgIpc) is 3.28. The minimum absolute atomic E-state index is 0.121. The maximum absolute atomic E-state index is 12.6. The van der Waals surface area contributed by atoms with E-state index in [4.69, 9.17) is 14.6 Å². The zero-order chi connectivity index (χ0) is 24.8. The van der Waals surface area contributed by atoms with Gasteiger partial charge >= 0.3 is 12.0 Å². The van der Waals surface area contributed by atoms with Gasteiger partial charge in [-0.15, -0.1) is 0 Å². The highest BCUT2D eigenvalue weighted by molar-refractivity contribution is 7.15. The Morgan fingerprint density at radius 1 is 1.14 bits per heavy atom. The summed E-state index contributed by atoms with van der Waals surface area (Å²) < 4.78 is 10.4. The van der Waals surface area contributed by atoms with E-state index in [1.807, 2.05) is 0 Å². The van der Waals surface area contributed by atoms with Crippen LogP contribution in [0, 0.1) is 0 Å². The second-order valence-corrected chi connectivity index (χ2v) is 8.50. The fourth-order valence-corrected chi connectivity index (χ4v) is 4.52. The minimum atomic E-state index is -0.513. The second kappa shape index (κ2) is 11.0. The van der Waals surface area contributed by atoms with Crippen molar-refractivity contribution in [3.8, 4) is 11.9 Å². The molecule has 3 heterocycles. The number of aliphatic hydroxyl groups excluding tert-OH is 1. The van der Waals surface area contributed by atoms with E-state index in [9.17, 15) is 9.59 Å². The summed E-state index contributed by atoms with van der Waals surface area (Å²) in [5.41, 5.74) is 1.55. The molecule has 0 unspecified atom stereocenters. The predicted molar refractivity (Wildman–Crippen MR) is 131 cm³/mol. The number of aliphatic hydroxyl groups is 1. The smallest absolute Gasteiger partial charge is 0.325 e. The Balaban J connectivity index is 1.43. The number of amides is 3. The van der Waals surface area contributed by atoms with Crippen LogP contribution in [0.4, 0.5) is 21.4 Å². The van der Waals surface area contributed by atoms with Crippen LogP contribution in [0.3, 0.4) is 0 Å². The van der Waals surface area contributed by atoms with Crippen LogP contribution < -0.4 is 30.3 Å². The average molecular weight is 500 g/mol. The first-order chi connectivity index (χ1) is 17.0. The molecular formula is C22H25N7O5S. The van der Waals surface area contributed by atoms with Crippen LogP contribution in [-0.4, -0.2) is 65.9 Å². The van der Waals surface area contributed by atoms with Gasteiger partial charge in [0.25, 0.3) is 5.91 Å². The van der Waals surface area contributed by atoms with E-state index in [1.165, 1.54) is 25.6 Å². The molecule has 0 spiro atoms. The summed E-state index contributed by atoms with van der Waals surface area (Å²) in [5.74, 6) is 0.695. The number of thiazole rings is 1. The number of urea groups is 1. The van der Waals surface area contributed by atoms with E-state index in [0.29, 0.717) is 47.6 Å². The molecule has 0 saturated heterocycles. The molecular weight excluding hydrogens is 474 g/mol. The van der Waals surface area contributed by atoms with Crippen LogP contribution in [0.25, 0.3) is 0 Å². The number of nitrogens with one attached hydrogen (secondary N) is 3. The highest BCUT2D eigenvalue weighted by Crippen LogP contribution is 2.31. The predicted octanol–water partition coefficient (Wildman–Crippen LogP) is 1.88. The SMILES string of the molecule is COc1cc(N2CCc3nc(NC(=O)Nc4ccccc4C(=O)NCCO)sc3C2)nc(OC)n1. The van der Waals surface area contributed by atoms with Gasteiger partial charge in [0.05, 0.1) is 44.3 Å². The molecule has 1 aliphatic heterocycles. The summed E-state index contributed by atoms with van der Waals surface area (Å²) in [4.78, 5) is 41.1. The lowest BCUT2D eigenvalue weighted by molar-refractivity contribution is 0.0945. The number of para-hydroxylation sites is 1. The van der Waals surface area contributed by atoms with E-state index >= 15 is 0 Å². The zero-order valence-corrected chi connectivity index (χ0v) is 20.0. The number of anilines is 3. The molecule has 3 amide bonds. The van der Waals surface area contributed by atoms with Gasteiger partial charge in [-0.05, 0) is 12.1 Å². The Hall–Kier alpha value is -3.97. The van der Waals surface area contributed by atoms with Crippen molar-refractivity contribution in [1.82, 2.24) is 20.3 Å². The van der Waals surface area contributed by atoms with Crippen molar-refractivity contribution in [1.29, 1.82) is 0 Å². The normalized spacial score (nSPS) is 12.5. The van der Waals surface area contributed by atoms with Gasteiger partial charge in [-0.25, -0.2) is 9.78 Å². The van der Waals surface area contributed by atoms with Crippen LogP contribution in [0.5, 0.6) is 11.9 Å². The molecule has 1 aliphatic rings. The molecule has 0 atom stereocenters. The van der Waals surface area contributed by atoms with Gasteiger partial charge in [-0.2, -0.15) is 9.97 Å². The van der Waals surface area contributed by atoms with Crippen LogP contribution in [0.15, 0.2) is 30.3 Å². The highest BCUT2D eigenvalue weighted by Gasteiger charge is 2.24. The number of carbonyl (C=O) groups excluding carboxylic acids is 2. The van der Waals surface area contributed by atoms with Crippen LogP contribution in [-0.2, 0) is 13.0 Å². The first kappa shape index (κ1) is 24.2. The van der Waals surface area contributed by atoms with Crippen molar-refractivity contribution >= 4 is 39.9 Å². The second-order valence-electron chi connectivity index (χ2n) is 7.42. The fourth-order valence-electron chi connectivity index (χ4n) is 3.50. The zero-order valence-electron chi connectivity index (χ0n) is 19.2. The largest absolute Gasteiger partial charge is 0.481 e. The summed E-state index contributed by atoms with van der Waals surface area (Å²) in [5, 5.41) is 17.4. The van der Waals surface area contributed by atoms with Crippen molar-refractivity contribution in [2.75, 3.05) is 49.4 Å². The van der Waals surface area contributed by atoms with Gasteiger partial charge in [-0.3, -0.25) is 10.1 Å². The maximum atomic E-state index is 12.6. The molecule has 0 radical (unpaired) electrons. The topological polar surface area (TPSA) is 151 Å². The molecule has 35 heavy (non-hydrogen) atoms. The van der Waals surface area contributed by atoms with Crippen LogP contribution in [0.1, 0.15) is 20.9 Å². The third-order valence-electron chi connectivity index (χ3n) is 5.15. The van der Waals surface area contributed by atoms with Gasteiger partial charge in [0.2, 0.25) is 5.88 Å². The number of carbonyl (C=O) groups is 2. The molecule has 184 valence electrons. The van der Waals surface area contributed by atoms with Gasteiger partial charge in [0.1, 0.15) is 5.82 Å². The number of rotatable bonds is 8. The number of hydrogen-bond acceptors (Lipinski definition) is 10. The van der Waals surface area contributed by atoms with Gasteiger partial charge in [-0.1, -0.05) is 23.5 Å². The molecule has 13 heteroatoms. The lowest BCUT2D eigenvalue weighted by atomic mass is 10.1. The molecule has 4 N–H and O–H groups in total. The van der Waals surface area contributed by atoms with Crippen molar-refractivity contribution in [2.45, 2.75) is 13.0 Å². The molecule has 0 saturated carbocycles. The summed E-state index contributed by atoms with van der Waals surface area (Å²) in [6, 6.07) is 8.08. The molecule has 12 nitrogen and oxygen atoms in total. The van der Waals surface area contributed by atoms with Gasteiger partial charge in [0, 0.05) is 30.5 Å². The minimum Gasteiger partial charge on any atom is -0.481 e. The Morgan fingerprint density at radius 3 is 2.74 bits per heavy atom. The van der Waals surface area contributed by atoms with Crippen molar-refractivity contribution in [3.63, 3.8) is 0 Å². The molecule has 0 aliphatic carbocycles. The van der Waals surface area contributed by atoms with Crippen LogP contribution >= 0.6 is 11.3 Å². The lowest BCUT2D eigenvalue weighted by Crippen LogP contribution is -2.30. The monoisotopic (exact) mass is 499 g/mol. The first-order valence-electron chi connectivity index (χ1n) is 10.8. The summed E-state index contributed by atoms with van der Waals surface area (Å²) in [7, 11) is 3.03. The molecule has 2 aromatic heterocycles. The number of methoxy groups -OCH3 is 2. The first-order valence-corrected chi connectivity index (χ1v) is 11.6. The van der Waals surface area contributed by atoms with Crippen molar-refractivity contribution in [2.24, 2.45) is 0 Å². The molecule has 0 fully saturated rings. The Morgan fingerprint density at radius 2 is 1.97 bits per heavy atom. The molecule has 1 aromatic carbocycles. The molecule has 4 rings (SSSR count). The Kier molecular flexibility index (Phi) is 7.57. The maximum Gasteiger partial charge on any atom is 0.325 e. The van der Waals surface area contributed by atoms with E-state index in [-0.39, 0.29) is 19.2 Å². The third-order valence-corrected chi connectivity index (χ3v) is 6.15. The number of hydrogen-bond donors (Lipinski definition) is 4. The van der Waals surface area contributed by atoms with E-state index in [1.54, 1.807) is 30.3 Å². The summed E-state index contributed by atoms with van der Waals surface area (Å²) in [6.45, 7) is 1.19. The van der Waals surface area contributed by atoms with E-state index in [2.05, 4.69) is 35.8 Å². The summed E-state index contributed by atoms with van der Waals surface area (Å²) in [6.07, 6.45) is 0.678. The van der Waals surface area contributed by atoms with Crippen molar-refractivity contribution in [3.05, 3.63) is 46.5 Å². The van der Waals surface area contributed by atoms with Crippen LogP contribution in [0.2, 0.25) is 0 Å². The Bertz CT molecular complexity index is 1200. The fraction of sp³-hybridized carbons (Fsp3) is 0.318. The Labute approximate surface area is 205 Å². The van der Waals surface area contributed by atoms with Crippen molar-refractivity contribution < 1.29 is 24.2 Å². The molecule has 3 aromatic rings. The quantitative estimate of drug-likeness (QED) is 0.364. The number of aromatic nitrogens is 3. The number of benzene rings is 1. The summed E-state index contributed by atoms with van der Waals surface area (Å²) >= 11 is 1.38. The number of fused-ring (bicyclic) bond motifs is 1. The standard InChI is InChI=1S/C22H25N7O5S/c1-33-18-11-17(26-21(27-18)34-2)29-9-7-15-16(12-29)35-22(25-15)28-20(32)24-14-6-4-3-5-13(14)19(31)23-8-10-30/h3-6,11,30H,7-10,12H2,1-2H3,(H,23,31)(H2,24,25,28,32). The third kappa shape index (κ3) is 5.75. The van der Waals surface area contributed by atoms with Gasteiger partial charge in [0.15, 0.2) is 5.13 Å². The lowest BCUT2D eigenvalue weighted by Gasteiger charge is -2.27.